The Kier molecular flexibility index (Phi) is 4.60. The fraction of sp³-hybridized carbons (Fsp3) is 0.700. The summed E-state index contributed by atoms with van der Waals surface area (Å²) in [5.74, 6) is 0. The summed E-state index contributed by atoms with van der Waals surface area (Å²) in [6.45, 7) is 13.2. The molecule has 3 saturated heterocycles. The zero-order valence-electron chi connectivity index (χ0n) is 16.9. The van der Waals surface area contributed by atoms with Gasteiger partial charge in [0.15, 0.2) is 0 Å². The molecule has 0 saturated carbocycles. The second kappa shape index (κ2) is 6.46. The van der Waals surface area contributed by atoms with Gasteiger partial charge in [0.1, 0.15) is 5.60 Å². The van der Waals surface area contributed by atoms with Crippen molar-refractivity contribution in [3.63, 3.8) is 0 Å². The molecule has 0 aromatic heterocycles. The van der Waals surface area contributed by atoms with Crippen LogP contribution in [0.5, 0.6) is 0 Å². The highest BCUT2D eigenvalue weighted by molar-refractivity contribution is 6.62. The van der Waals surface area contributed by atoms with Crippen molar-refractivity contribution in [3.05, 3.63) is 23.8 Å². The third-order valence-corrected chi connectivity index (χ3v) is 6.38. The van der Waals surface area contributed by atoms with Crippen molar-refractivity contribution in [1.29, 1.82) is 0 Å². The van der Waals surface area contributed by atoms with E-state index in [1.54, 1.807) is 0 Å². The van der Waals surface area contributed by atoms with Crippen molar-refractivity contribution in [2.75, 3.05) is 37.9 Å². The van der Waals surface area contributed by atoms with E-state index in [9.17, 15) is 5.11 Å². The average Bonchev–Trinajstić information content (AvgIpc) is 2.80. The molecule has 4 rings (SSSR count). The molecule has 27 heavy (non-hydrogen) atoms. The number of rotatable bonds is 3. The standard InChI is InChI=1S/C20H30BNO5/c1-14-11-24-7-6-22(14)17-9-15(20(23)12-25-13-20)8-16(10-17)21-26-18(2,3)19(4,5)27-21/h8-10,14,23H,6-7,11-13H2,1-5H3. The Balaban J connectivity index is 1.73. The minimum absolute atomic E-state index is 0.271. The Morgan fingerprint density at radius 1 is 1.04 bits per heavy atom. The van der Waals surface area contributed by atoms with Gasteiger partial charge < -0.3 is 28.8 Å². The Hall–Kier alpha value is -1.12. The number of aliphatic hydroxyl groups is 1. The van der Waals surface area contributed by atoms with Gasteiger partial charge in [-0.15, -0.1) is 0 Å². The van der Waals surface area contributed by atoms with Crippen LogP contribution in [0.4, 0.5) is 5.69 Å². The van der Waals surface area contributed by atoms with Crippen LogP contribution in [0.1, 0.15) is 40.2 Å². The maximum Gasteiger partial charge on any atom is 0.494 e. The van der Waals surface area contributed by atoms with E-state index in [-0.39, 0.29) is 6.04 Å². The summed E-state index contributed by atoms with van der Waals surface area (Å²) < 4.78 is 23.4. The van der Waals surface area contributed by atoms with E-state index in [1.807, 2.05) is 6.07 Å². The lowest BCUT2D eigenvalue weighted by molar-refractivity contribution is -0.184. The molecule has 0 aliphatic carbocycles. The molecule has 6 nitrogen and oxygen atoms in total. The predicted octanol–water partition coefficient (Wildman–Crippen LogP) is 1.43. The first kappa shape index (κ1) is 19.2. The van der Waals surface area contributed by atoms with Gasteiger partial charge in [0.25, 0.3) is 0 Å². The molecule has 0 bridgehead atoms. The van der Waals surface area contributed by atoms with Crippen molar-refractivity contribution in [1.82, 2.24) is 0 Å². The molecule has 0 spiro atoms. The van der Waals surface area contributed by atoms with Crippen molar-refractivity contribution < 1.29 is 23.9 Å². The number of morpholine rings is 1. The van der Waals surface area contributed by atoms with Gasteiger partial charge in [-0.2, -0.15) is 0 Å². The average molecular weight is 375 g/mol. The molecule has 3 aliphatic rings. The number of nitrogens with zero attached hydrogens (tertiary/aromatic N) is 1. The van der Waals surface area contributed by atoms with E-state index >= 15 is 0 Å². The molecule has 148 valence electrons. The lowest BCUT2D eigenvalue weighted by Crippen LogP contribution is -2.48. The van der Waals surface area contributed by atoms with Crippen LogP contribution in [0.15, 0.2) is 18.2 Å². The Morgan fingerprint density at radius 2 is 1.70 bits per heavy atom. The van der Waals surface area contributed by atoms with Crippen molar-refractivity contribution >= 4 is 18.3 Å². The zero-order chi connectivity index (χ0) is 19.4. The Labute approximate surface area is 161 Å². The summed E-state index contributed by atoms with van der Waals surface area (Å²) in [5, 5.41) is 10.9. The van der Waals surface area contributed by atoms with E-state index in [0.717, 1.165) is 23.3 Å². The molecule has 1 N–H and O–H groups in total. The van der Waals surface area contributed by atoms with E-state index in [2.05, 4.69) is 51.7 Å². The molecule has 0 amide bonds. The number of hydrogen-bond donors (Lipinski definition) is 1. The monoisotopic (exact) mass is 375 g/mol. The van der Waals surface area contributed by atoms with Crippen molar-refractivity contribution in [3.8, 4) is 0 Å². The van der Waals surface area contributed by atoms with Gasteiger partial charge >= 0.3 is 7.12 Å². The minimum atomic E-state index is -0.941. The quantitative estimate of drug-likeness (QED) is 0.807. The minimum Gasteiger partial charge on any atom is -0.399 e. The van der Waals surface area contributed by atoms with Crippen LogP contribution in [-0.2, 0) is 24.4 Å². The van der Waals surface area contributed by atoms with Crippen LogP contribution >= 0.6 is 0 Å². The second-order valence-corrected chi connectivity index (χ2v) is 9.04. The fourth-order valence-corrected chi connectivity index (χ4v) is 3.76. The van der Waals surface area contributed by atoms with Crippen LogP contribution in [-0.4, -0.2) is 62.4 Å². The normalized spacial score (nSPS) is 28.9. The summed E-state index contributed by atoms with van der Waals surface area (Å²) in [4.78, 5) is 2.32. The largest absolute Gasteiger partial charge is 0.494 e. The predicted molar refractivity (Wildman–Crippen MR) is 105 cm³/mol. The third-order valence-electron chi connectivity index (χ3n) is 6.38. The van der Waals surface area contributed by atoms with Gasteiger partial charge in [-0.1, -0.05) is 6.07 Å². The molecule has 3 heterocycles. The van der Waals surface area contributed by atoms with Crippen molar-refractivity contribution in [2.45, 2.75) is 57.5 Å². The highest BCUT2D eigenvalue weighted by Crippen LogP contribution is 2.38. The topological polar surface area (TPSA) is 60.4 Å². The van der Waals surface area contributed by atoms with E-state index in [0.29, 0.717) is 26.4 Å². The number of benzene rings is 1. The maximum absolute atomic E-state index is 10.9. The molecule has 3 fully saturated rings. The van der Waals surface area contributed by atoms with Crippen molar-refractivity contribution in [2.24, 2.45) is 0 Å². The first-order valence-corrected chi connectivity index (χ1v) is 9.77. The summed E-state index contributed by atoms with van der Waals surface area (Å²) in [7, 11) is -0.463. The van der Waals surface area contributed by atoms with E-state index in [1.165, 1.54) is 0 Å². The van der Waals surface area contributed by atoms with Crippen LogP contribution in [0.2, 0.25) is 0 Å². The molecular formula is C20H30BNO5. The lowest BCUT2D eigenvalue weighted by atomic mass is 9.76. The van der Waals surface area contributed by atoms with Crippen LogP contribution in [0.3, 0.4) is 0 Å². The smallest absolute Gasteiger partial charge is 0.399 e. The van der Waals surface area contributed by atoms with Crippen LogP contribution in [0, 0.1) is 0 Å². The van der Waals surface area contributed by atoms with E-state index in [4.69, 9.17) is 18.8 Å². The molecule has 1 unspecified atom stereocenters. The maximum atomic E-state index is 10.9. The second-order valence-electron chi connectivity index (χ2n) is 9.04. The first-order valence-electron chi connectivity index (χ1n) is 9.77. The molecule has 1 aromatic carbocycles. The van der Waals surface area contributed by atoms with Gasteiger partial charge in [0.05, 0.1) is 37.6 Å². The molecule has 1 aromatic rings. The van der Waals surface area contributed by atoms with Gasteiger partial charge in [-0.25, -0.2) is 0 Å². The SMILES string of the molecule is CC1COCCN1c1cc(B2OC(C)(C)C(C)(C)O2)cc(C2(O)COC2)c1. The number of ether oxygens (including phenoxy) is 2. The lowest BCUT2D eigenvalue weighted by Gasteiger charge is -2.39. The molecule has 1 atom stereocenters. The van der Waals surface area contributed by atoms with Gasteiger partial charge in [0.2, 0.25) is 0 Å². The summed E-state index contributed by atoms with van der Waals surface area (Å²) >= 11 is 0. The van der Waals surface area contributed by atoms with E-state index < -0.39 is 23.9 Å². The summed E-state index contributed by atoms with van der Waals surface area (Å²) in [5.41, 5.74) is 1.10. The third kappa shape index (κ3) is 3.30. The molecule has 7 heteroatoms. The number of hydrogen-bond acceptors (Lipinski definition) is 6. The first-order chi connectivity index (χ1) is 12.6. The zero-order valence-corrected chi connectivity index (χ0v) is 16.9. The number of anilines is 1. The van der Waals surface area contributed by atoms with Crippen LogP contribution in [0.25, 0.3) is 0 Å². The molecule has 0 radical (unpaired) electrons. The highest BCUT2D eigenvalue weighted by Gasteiger charge is 2.52. The van der Waals surface area contributed by atoms with Gasteiger partial charge in [-0.05, 0) is 57.8 Å². The molecule has 3 aliphatic heterocycles. The summed E-state index contributed by atoms with van der Waals surface area (Å²) in [6.07, 6.45) is 0. The molecular weight excluding hydrogens is 345 g/mol. The summed E-state index contributed by atoms with van der Waals surface area (Å²) in [6, 6.07) is 6.46. The Bertz CT molecular complexity index is 702. The Morgan fingerprint density at radius 3 is 2.26 bits per heavy atom. The van der Waals surface area contributed by atoms with Gasteiger partial charge in [0, 0.05) is 18.3 Å². The fourth-order valence-electron chi connectivity index (χ4n) is 3.76. The highest BCUT2D eigenvalue weighted by atomic mass is 16.7. The van der Waals surface area contributed by atoms with Gasteiger partial charge in [-0.3, -0.25) is 0 Å². The van der Waals surface area contributed by atoms with Crippen LogP contribution < -0.4 is 10.4 Å².